The third kappa shape index (κ3) is 2.39. The lowest BCUT2D eigenvalue weighted by atomic mass is 10.2. The van der Waals surface area contributed by atoms with E-state index >= 15 is 0 Å². The molecule has 0 aliphatic rings. The summed E-state index contributed by atoms with van der Waals surface area (Å²) in [6.07, 6.45) is 1.93. The largest absolute Gasteiger partial charge is 0.351 e. The number of nitrogens with one attached hydrogen (secondary N) is 1. The van der Waals surface area contributed by atoms with Crippen LogP contribution in [-0.2, 0) is 7.05 Å². The maximum atomic E-state index is 11.8. The zero-order chi connectivity index (χ0) is 12.4. The number of aromatic nitrogens is 2. The molecule has 0 aliphatic heterocycles. The van der Waals surface area contributed by atoms with Crippen LogP contribution in [0.15, 0.2) is 17.6 Å². The van der Waals surface area contributed by atoms with Crippen molar-refractivity contribution in [3.05, 3.63) is 28.3 Å². The van der Waals surface area contributed by atoms with E-state index in [1.807, 2.05) is 43.1 Å². The van der Waals surface area contributed by atoms with Crippen LogP contribution in [0.4, 0.5) is 0 Å². The van der Waals surface area contributed by atoms with Gasteiger partial charge in [0.05, 0.1) is 10.7 Å². The van der Waals surface area contributed by atoms with E-state index in [9.17, 15) is 4.79 Å². The zero-order valence-electron chi connectivity index (χ0n) is 10.2. The van der Waals surface area contributed by atoms with Crippen LogP contribution in [0.1, 0.15) is 22.4 Å². The quantitative estimate of drug-likeness (QED) is 0.906. The molecule has 0 aliphatic carbocycles. The number of rotatable bonds is 3. The van der Waals surface area contributed by atoms with Gasteiger partial charge in [0.15, 0.2) is 0 Å². The standard InChI is InChI=1S/C12H15N3OS/c1-4-13-12(16)11-5-9(6-15(11)3)10-7-17-8(2)14-10/h5-7H,4H2,1-3H3,(H,13,16). The van der Waals surface area contributed by atoms with Crippen LogP contribution >= 0.6 is 11.3 Å². The first-order valence-electron chi connectivity index (χ1n) is 5.49. The Kier molecular flexibility index (Phi) is 3.28. The number of thiazole rings is 1. The molecule has 0 radical (unpaired) electrons. The Bertz CT molecular complexity index is 542. The molecule has 0 unspecified atom stereocenters. The van der Waals surface area contributed by atoms with Crippen LogP contribution < -0.4 is 5.32 Å². The van der Waals surface area contributed by atoms with Gasteiger partial charge in [0.2, 0.25) is 0 Å². The van der Waals surface area contributed by atoms with E-state index in [1.165, 1.54) is 0 Å². The van der Waals surface area contributed by atoms with E-state index in [1.54, 1.807) is 11.3 Å². The van der Waals surface area contributed by atoms with Crippen molar-refractivity contribution in [2.45, 2.75) is 13.8 Å². The second-order valence-corrected chi connectivity index (χ2v) is 4.90. The first kappa shape index (κ1) is 11.9. The van der Waals surface area contributed by atoms with Crippen molar-refractivity contribution in [1.82, 2.24) is 14.9 Å². The van der Waals surface area contributed by atoms with Gasteiger partial charge in [-0.2, -0.15) is 0 Å². The molecule has 0 fully saturated rings. The average Bonchev–Trinajstić information content (AvgIpc) is 2.85. The second-order valence-electron chi connectivity index (χ2n) is 3.84. The van der Waals surface area contributed by atoms with Gasteiger partial charge in [-0.25, -0.2) is 4.98 Å². The molecule has 2 aromatic rings. The van der Waals surface area contributed by atoms with Crippen molar-refractivity contribution in [3.8, 4) is 11.3 Å². The fraction of sp³-hybridized carbons (Fsp3) is 0.333. The van der Waals surface area contributed by atoms with Crippen LogP contribution in [0.2, 0.25) is 0 Å². The van der Waals surface area contributed by atoms with Crippen LogP contribution in [0.3, 0.4) is 0 Å². The Labute approximate surface area is 104 Å². The van der Waals surface area contributed by atoms with E-state index in [2.05, 4.69) is 10.3 Å². The molecule has 0 bridgehead atoms. The van der Waals surface area contributed by atoms with E-state index in [0.29, 0.717) is 12.2 Å². The number of amides is 1. The molecule has 5 heteroatoms. The first-order chi connectivity index (χ1) is 8.11. The van der Waals surface area contributed by atoms with Crippen molar-refractivity contribution in [2.24, 2.45) is 7.05 Å². The Morgan fingerprint density at radius 2 is 2.35 bits per heavy atom. The molecule has 0 saturated carbocycles. The summed E-state index contributed by atoms with van der Waals surface area (Å²) in [6, 6.07) is 1.87. The highest BCUT2D eigenvalue weighted by Crippen LogP contribution is 2.23. The number of carbonyl (C=O) groups is 1. The monoisotopic (exact) mass is 249 g/mol. The summed E-state index contributed by atoms with van der Waals surface area (Å²) < 4.78 is 1.83. The van der Waals surface area contributed by atoms with Gasteiger partial charge in [-0.3, -0.25) is 4.79 Å². The van der Waals surface area contributed by atoms with E-state index in [4.69, 9.17) is 0 Å². The summed E-state index contributed by atoms with van der Waals surface area (Å²) in [5, 5.41) is 5.83. The maximum absolute atomic E-state index is 11.8. The van der Waals surface area contributed by atoms with Crippen molar-refractivity contribution >= 4 is 17.2 Å². The molecule has 90 valence electrons. The molecule has 4 nitrogen and oxygen atoms in total. The number of aryl methyl sites for hydroxylation is 2. The predicted molar refractivity (Wildman–Crippen MR) is 69.3 cm³/mol. The van der Waals surface area contributed by atoms with Gasteiger partial charge >= 0.3 is 0 Å². The Morgan fingerprint density at radius 1 is 1.59 bits per heavy atom. The van der Waals surface area contributed by atoms with E-state index in [-0.39, 0.29) is 5.91 Å². The summed E-state index contributed by atoms with van der Waals surface area (Å²) in [5.41, 5.74) is 2.57. The molecule has 0 saturated heterocycles. The average molecular weight is 249 g/mol. The highest BCUT2D eigenvalue weighted by atomic mass is 32.1. The van der Waals surface area contributed by atoms with Gasteiger partial charge < -0.3 is 9.88 Å². The molecule has 2 rings (SSSR count). The highest BCUT2D eigenvalue weighted by molar-refractivity contribution is 7.09. The Balaban J connectivity index is 2.33. The van der Waals surface area contributed by atoms with Crippen LogP contribution in [-0.4, -0.2) is 22.0 Å². The number of hydrogen-bond acceptors (Lipinski definition) is 3. The minimum absolute atomic E-state index is 0.0480. The fourth-order valence-corrected chi connectivity index (χ4v) is 2.30. The van der Waals surface area contributed by atoms with Crippen molar-refractivity contribution < 1.29 is 4.79 Å². The van der Waals surface area contributed by atoms with Gasteiger partial charge in [-0.1, -0.05) is 0 Å². The number of carbonyl (C=O) groups excluding carboxylic acids is 1. The van der Waals surface area contributed by atoms with Gasteiger partial charge in [0, 0.05) is 30.7 Å². The summed E-state index contributed by atoms with van der Waals surface area (Å²) in [5.74, 6) is -0.0480. The minimum atomic E-state index is -0.0480. The Morgan fingerprint density at radius 3 is 2.94 bits per heavy atom. The van der Waals surface area contributed by atoms with Crippen molar-refractivity contribution in [1.29, 1.82) is 0 Å². The highest BCUT2D eigenvalue weighted by Gasteiger charge is 2.12. The summed E-state index contributed by atoms with van der Waals surface area (Å²) in [4.78, 5) is 16.2. The zero-order valence-corrected chi connectivity index (χ0v) is 11.0. The van der Waals surface area contributed by atoms with Crippen LogP contribution in [0.5, 0.6) is 0 Å². The van der Waals surface area contributed by atoms with Crippen LogP contribution in [0, 0.1) is 6.92 Å². The third-order valence-corrected chi connectivity index (χ3v) is 3.26. The maximum Gasteiger partial charge on any atom is 0.267 e. The lowest BCUT2D eigenvalue weighted by molar-refractivity contribution is 0.0948. The van der Waals surface area contributed by atoms with Crippen LogP contribution in [0.25, 0.3) is 11.3 Å². The summed E-state index contributed by atoms with van der Waals surface area (Å²) in [6.45, 7) is 4.52. The normalized spacial score (nSPS) is 10.5. The summed E-state index contributed by atoms with van der Waals surface area (Å²) in [7, 11) is 1.87. The van der Waals surface area contributed by atoms with Crippen molar-refractivity contribution in [3.63, 3.8) is 0 Å². The smallest absolute Gasteiger partial charge is 0.267 e. The topological polar surface area (TPSA) is 46.9 Å². The molecule has 0 atom stereocenters. The molecule has 2 aromatic heterocycles. The Hall–Kier alpha value is -1.62. The molecule has 1 amide bonds. The number of hydrogen-bond donors (Lipinski definition) is 1. The van der Waals surface area contributed by atoms with Gasteiger partial charge in [-0.15, -0.1) is 11.3 Å². The predicted octanol–water partition coefficient (Wildman–Crippen LogP) is 2.21. The van der Waals surface area contributed by atoms with Crippen molar-refractivity contribution in [2.75, 3.05) is 6.54 Å². The van der Waals surface area contributed by atoms with Gasteiger partial charge in [0.1, 0.15) is 5.69 Å². The SMILES string of the molecule is CCNC(=O)c1cc(-c2csc(C)n2)cn1C. The molecule has 0 spiro atoms. The molecule has 1 N–H and O–H groups in total. The minimum Gasteiger partial charge on any atom is -0.351 e. The molecule has 17 heavy (non-hydrogen) atoms. The summed E-state index contributed by atoms with van der Waals surface area (Å²) >= 11 is 1.61. The molecular formula is C12H15N3OS. The fourth-order valence-electron chi connectivity index (χ4n) is 1.68. The van der Waals surface area contributed by atoms with E-state index in [0.717, 1.165) is 16.3 Å². The molecule has 0 aromatic carbocycles. The second kappa shape index (κ2) is 4.71. The lowest BCUT2D eigenvalue weighted by Gasteiger charge is -2.01. The third-order valence-electron chi connectivity index (χ3n) is 2.49. The molecule has 2 heterocycles. The van der Waals surface area contributed by atoms with Gasteiger partial charge in [0.25, 0.3) is 5.91 Å². The number of nitrogens with zero attached hydrogens (tertiary/aromatic N) is 2. The van der Waals surface area contributed by atoms with E-state index < -0.39 is 0 Å². The molecular weight excluding hydrogens is 234 g/mol. The van der Waals surface area contributed by atoms with Gasteiger partial charge in [-0.05, 0) is 19.9 Å². The lowest BCUT2D eigenvalue weighted by Crippen LogP contribution is -2.24. The first-order valence-corrected chi connectivity index (χ1v) is 6.37.